The predicted molar refractivity (Wildman–Crippen MR) is 70.4 cm³/mol. The first-order valence-corrected chi connectivity index (χ1v) is 6.73. The predicted octanol–water partition coefficient (Wildman–Crippen LogP) is 3.74. The van der Waals surface area contributed by atoms with Gasteiger partial charge >= 0.3 is 6.18 Å². The third-order valence-corrected chi connectivity index (χ3v) is 3.77. The molecule has 0 spiro atoms. The lowest BCUT2D eigenvalue weighted by molar-refractivity contribution is -0.139. The molecule has 0 aromatic heterocycles. The molecule has 0 aliphatic carbocycles. The molecule has 1 unspecified atom stereocenters. The van der Waals surface area contributed by atoms with Crippen LogP contribution in [0.25, 0.3) is 0 Å². The van der Waals surface area contributed by atoms with Crippen molar-refractivity contribution < 1.29 is 18.0 Å². The van der Waals surface area contributed by atoms with Crippen molar-refractivity contribution in [2.75, 3.05) is 13.1 Å². The van der Waals surface area contributed by atoms with E-state index in [1.807, 2.05) is 4.90 Å². The summed E-state index contributed by atoms with van der Waals surface area (Å²) in [5.74, 6) is -0.233. The lowest BCUT2D eigenvalue weighted by Crippen LogP contribution is -2.32. The Hall–Kier alpha value is -1.36. The van der Waals surface area contributed by atoms with Crippen LogP contribution in [0, 0.1) is 6.92 Å². The van der Waals surface area contributed by atoms with E-state index in [1.165, 1.54) is 26.0 Å². The van der Waals surface area contributed by atoms with E-state index in [2.05, 4.69) is 0 Å². The number of likely N-dealkylation sites (tertiary alicyclic amines) is 1. The van der Waals surface area contributed by atoms with Crippen molar-refractivity contribution in [3.63, 3.8) is 0 Å². The van der Waals surface area contributed by atoms with Crippen molar-refractivity contribution in [1.29, 1.82) is 0 Å². The Bertz CT molecular complexity index is 504. The molecule has 1 atom stereocenters. The lowest BCUT2D eigenvalue weighted by Gasteiger charge is -2.28. The van der Waals surface area contributed by atoms with Crippen LogP contribution in [0.1, 0.15) is 42.5 Å². The quantitative estimate of drug-likeness (QED) is 0.843. The second kappa shape index (κ2) is 5.56. The Morgan fingerprint density at radius 2 is 1.85 bits per heavy atom. The highest BCUT2D eigenvalue weighted by atomic mass is 19.4. The van der Waals surface area contributed by atoms with E-state index in [4.69, 9.17) is 0 Å². The summed E-state index contributed by atoms with van der Waals surface area (Å²) < 4.78 is 39.9. The number of carbonyl (C=O) groups excluding carboxylic acids is 1. The van der Waals surface area contributed by atoms with Gasteiger partial charge in [-0.25, -0.2) is 0 Å². The van der Waals surface area contributed by atoms with Crippen molar-refractivity contribution in [1.82, 2.24) is 4.90 Å². The number of ketones is 1. The molecule has 2 nitrogen and oxygen atoms in total. The molecule has 1 fully saturated rings. The van der Waals surface area contributed by atoms with E-state index in [-0.39, 0.29) is 16.9 Å². The molecule has 0 radical (unpaired) electrons. The van der Waals surface area contributed by atoms with Crippen LogP contribution in [0.3, 0.4) is 0 Å². The van der Waals surface area contributed by atoms with Crippen LogP contribution in [-0.2, 0) is 11.0 Å². The zero-order valence-corrected chi connectivity index (χ0v) is 11.6. The minimum absolute atomic E-state index is 0.0897. The van der Waals surface area contributed by atoms with Crippen molar-refractivity contribution in [2.45, 2.75) is 38.9 Å². The minimum Gasteiger partial charge on any atom is -0.298 e. The summed E-state index contributed by atoms with van der Waals surface area (Å²) in [5, 5.41) is 0. The number of hydrogen-bond donors (Lipinski definition) is 0. The van der Waals surface area contributed by atoms with Gasteiger partial charge in [-0.15, -0.1) is 0 Å². The van der Waals surface area contributed by atoms with Gasteiger partial charge in [-0.2, -0.15) is 13.2 Å². The maximum Gasteiger partial charge on any atom is 0.417 e. The molecule has 0 bridgehead atoms. The lowest BCUT2D eigenvalue weighted by atomic mass is 9.93. The van der Waals surface area contributed by atoms with Gasteiger partial charge in [0.2, 0.25) is 0 Å². The summed E-state index contributed by atoms with van der Waals surface area (Å²) >= 11 is 0. The second-order valence-electron chi connectivity index (χ2n) is 5.29. The molecule has 1 aliphatic rings. The molecular weight excluding hydrogens is 267 g/mol. The fourth-order valence-electron chi connectivity index (χ4n) is 2.98. The highest BCUT2D eigenvalue weighted by molar-refractivity contribution is 5.83. The molecule has 5 heteroatoms. The van der Waals surface area contributed by atoms with Gasteiger partial charge < -0.3 is 0 Å². The maximum absolute atomic E-state index is 13.3. The largest absolute Gasteiger partial charge is 0.417 e. The molecule has 0 N–H and O–H groups in total. The van der Waals surface area contributed by atoms with Gasteiger partial charge in [0.25, 0.3) is 0 Å². The number of alkyl halides is 3. The van der Waals surface area contributed by atoms with E-state index in [1.54, 1.807) is 6.07 Å². The molecule has 0 amide bonds. The number of hydrogen-bond acceptors (Lipinski definition) is 2. The van der Waals surface area contributed by atoms with Crippen molar-refractivity contribution in [3.05, 3.63) is 34.9 Å². The first kappa shape index (κ1) is 15.0. The number of halogens is 3. The van der Waals surface area contributed by atoms with Crippen LogP contribution < -0.4 is 0 Å². The topological polar surface area (TPSA) is 20.3 Å². The average Bonchev–Trinajstić information content (AvgIpc) is 2.80. The van der Waals surface area contributed by atoms with Gasteiger partial charge in [-0.3, -0.25) is 9.69 Å². The van der Waals surface area contributed by atoms with E-state index < -0.39 is 17.8 Å². The van der Waals surface area contributed by atoms with Crippen LogP contribution in [0.4, 0.5) is 13.2 Å². The fraction of sp³-hybridized carbons (Fsp3) is 0.533. The highest BCUT2D eigenvalue weighted by Gasteiger charge is 2.39. The maximum atomic E-state index is 13.3. The first-order valence-electron chi connectivity index (χ1n) is 6.73. The molecule has 1 saturated heterocycles. The smallest absolute Gasteiger partial charge is 0.298 e. The number of carbonyl (C=O) groups is 1. The van der Waals surface area contributed by atoms with Gasteiger partial charge in [0, 0.05) is 0 Å². The van der Waals surface area contributed by atoms with Gasteiger partial charge in [-0.1, -0.05) is 18.2 Å². The van der Waals surface area contributed by atoms with Gasteiger partial charge in [0.1, 0.15) is 0 Å². The summed E-state index contributed by atoms with van der Waals surface area (Å²) in [4.78, 5) is 13.8. The summed E-state index contributed by atoms with van der Waals surface area (Å²) in [7, 11) is 0. The zero-order chi connectivity index (χ0) is 14.9. The summed E-state index contributed by atoms with van der Waals surface area (Å²) in [6.07, 6.45) is -2.58. The van der Waals surface area contributed by atoms with E-state index in [0.29, 0.717) is 13.1 Å². The van der Waals surface area contributed by atoms with Gasteiger partial charge in [0.05, 0.1) is 11.6 Å². The zero-order valence-electron chi connectivity index (χ0n) is 11.6. The van der Waals surface area contributed by atoms with Crippen molar-refractivity contribution >= 4 is 5.78 Å². The third kappa shape index (κ3) is 2.87. The van der Waals surface area contributed by atoms with Crippen molar-refractivity contribution in [3.8, 4) is 0 Å². The number of Topliss-reactive ketones (excluding diaryl/α,β-unsaturated/α-hetero) is 1. The minimum atomic E-state index is -4.44. The monoisotopic (exact) mass is 285 g/mol. The number of nitrogens with zero attached hydrogens (tertiary/aromatic N) is 1. The fourth-order valence-corrected chi connectivity index (χ4v) is 2.98. The number of rotatable bonds is 3. The number of aryl methyl sites for hydroxylation is 1. The molecular formula is C15H18F3NO. The van der Waals surface area contributed by atoms with E-state index >= 15 is 0 Å². The Morgan fingerprint density at radius 1 is 1.25 bits per heavy atom. The Kier molecular flexibility index (Phi) is 4.18. The van der Waals surface area contributed by atoms with Crippen LogP contribution >= 0.6 is 0 Å². The summed E-state index contributed by atoms with van der Waals surface area (Å²) in [5.41, 5.74) is -0.403. The molecule has 1 aliphatic heterocycles. The molecule has 1 aromatic carbocycles. The first-order chi connectivity index (χ1) is 9.32. The highest BCUT2D eigenvalue weighted by Crippen LogP contribution is 2.39. The molecule has 2 rings (SSSR count). The molecule has 0 saturated carbocycles. The Morgan fingerprint density at radius 3 is 2.35 bits per heavy atom. The van der Waals surface area contributed by atoms with Gasteiger partial charge in [-0.05, 0) is 50.9 Å². The molecule has 20 heavy (non-hydrogen) atoms. The van der Waals surface area contributed by atoms with Crippen LogP contribution in [0.2, 0.25) is 0 Å². The third-order valence-electron chi connectivity index (χ3n) is 3.77. The standard InChI is InChI=1S/C15H18F3NO/c1-10-6-5-7-12(13(10)15(16,17)18)14(11(2)20)19-8-3-4-9-19/h5-7,14H,3-4,8-9H2,1-2H3. The second-order valence-corrected chi connectivity index (χ2v) is 5.29. The average molecular weight is 285 g/mol. The molecule has 110 valence electrons. The Labute approximate surface area is 116 Å². The number of benzene rings is 1. The van der Waals surface area contributed by atoms with Crippen LogP contribution in [0.15, 0.2) is 18.2 Å². The van der Waals surface area contributed by atoms with Crippen LogP contribution in [0.5, 0.6) is 0 Å². The molecule has 1 aromatic rings. The Balaban J connectivity index is 2.53. The van der Waals surface area contributed by atoms with E-state index in [9.17, 15) is 18.0 Å². The van der Waals surface area contributed by atoms with Crippen LogP contribution in [-0.4, -0.2) is 23.8 Å². The van der Waals surface area contributed by atoms with E-state index in [0.717, 1.165) is 12.8 Å². The molecule has 1 heterocycles. The summed E-state index contributed by atoms with van der Waals surface area (Å²) in [6, 6.07) is 3.67. The van der Waals surface area contributed by atoms with Crippen molar-refractivity contribution in [2.24, 2.45) is 0 Å². The summed E-state index contributed by atoms with van der Waals surface area (Å²) in [6.45, 7) is 4.16. The SMILES string of the molecule is CC(=O)C(c1cccc(C)c1C(F)(F)F)N1CCCC1. The van der Waals surface area contributed by atoms with Gasteiger partial charge in [0.15, 0.2) is 5.78 Å². The normalized spacial score (nSPS) is 18.2.